The molecule has 1 heterocycles. The molecule has 1 aromatic rings. The van der Waals surface area contributed by atoms with Crippen LogP contribution in [0.4, 0.5) is 0 Å². The molecule has 0 radical (unpaired) electrons. The first-order chi connectivity index (χ1) is 5.24. The summed E-state index contributed by atoms with van der Waals surface area (Å²) in [6.45, 7) is 0.447. The normalized spacial score (nSPS) is 9.91. The van der Waals surface area contributed by atoms with Crippen molar-refractivity contribution < 1.29 is 9.15 Å². The molecule has 0 saturated carbocycles. The van der Waals surface area contributed by atoms with E-state index < -0.39 is 0 Å². The number of furan rings is 1. The van der Waals surface area contributed by atoms with Gasteiger partial charge in [-0.2, -0.15) is 0 Å². The molecule has 0 fully saturated rings. The molecule has 0 saturated heterocycles. The van der Waals surface area contributed by atoms with Crippen LogP contribution >= 0.6 is 12.2 Å². The fourth-order valence-electron chi connectivity index (χ4n) is 0.730. The van der Waals surface area contributed by atoms with Crippen molar-refractivity contribution in [3.05, 3.63) is 23.7 Å². The Kier molecular flexibility index (Phi) is 2.62. The zero-order valence-corrected chi connectivity index (χ0v) is 6.98. The monoisotopic (exact) mass is 171 g/mol. The fraction of sp³-hybridized carbons (Fsp3) is 0.286. The minimum Gasteiger partial charge on any atom is -0.456 e. The minimum absolute atomic E-state index is 0.271. The first kappa shape index (κ1) is 8.23. The molecule has 0 bridgehead atoms. The highest BCUT2D eigenvalue weighted by atomic mass is 32.1. The average Bonchev–Trinajstić information content (AvgIpc) is 2.37. The first-order valence-corrected chi connectivity index (χ1v) is 3.52. The van der Waals surface area contributed by atoms with Gasteiger partial charge in [0.1, 0.15) is 17.4 Å². The fourth-order valence-corrected chi connectivity index (χ4v) is 0.840. The summed E-state index contributed by atoms with van der Waals surface area (Å²) in [5, 5.41) is 0. The number of thiocarbonyl (C=S) groups is 1. The van der Waals surface area contributed by atoms with Crippen molar-refractivity contribution in [2.75, 3.05) is 7.11 Å². The van der Waals surface area contributed by atoms with E-state index in [4.69, 9.17) is 27.1 Å². The van der Waals surface area contributed by atoms with Gasteiger partial charge in [-0.05, 0) is 12.1 Å². The largest absolute Gasteiger partial charge is 0.456 e. The molecule has 0 amide bonds. The van der Waals surface area contributed by atoms with Crippen molar-refractivity contribution in [3.8, 4) is 0 Å². The summed E-state index contributed by atoms with van der Waals surface area (Å²) in [6, 6.07) is 3.52. The molecule has 2 N–H and O–H groups in total. The molecule has 4 heteroatoms. The van der Waals surface area contributed by atoms with Crippen LogP contribution in [0.25, 0.3) is 0 Å². The van der Waals surface area contributed by atoms with Crippen LogP contribution in [0, 0.1) is 0 Å². The van der Waals surface area contributed by atoms with E-state index in [0.717, 1.165) is 5.76 Å². The van der Waals surface area contributed by atoms with E-state index in [1.54, 1.807) is 19.2 Å². The summed E-state index contributed by atoms with van der Waals surface area (Å²) in [5.74, 6) is 1.27. The standard InChI is InChI=1S/C7H9NO2S/c1-9-4-5-2-3-6(10-5)7(8)11/h2-3H,4H2,1H3,(H2,8,11). The van der Waals surface area contributed by atoms with E-state index in [0.29, 0.717) is 12.4 Å². The third-order valence-corrected chi connectivity index (χ3v) is 1.39. The third-order valence-electron chi connectivity index (χ3n) is 1.19. The summed E-state index contributed by atoms with van der Waals surface area (Å²) < 4.78 is 10.0. The van der Waals surface area contributed by atoms with Gasteiger partial charge in [-0.1, -0.05) is 12.2 Å². The zero-order valence-electron chi connectivity index (χ0n) is 6.16. The van der Waals surface area contributed by atoms with Crippen molar-refractivity contribution in [2.45, 2.75) is 6.61 Å². The minimum atomic E-state index is 0.271. The van der Waals surface area contributed by atoms with Crippen molar-refractivity contribution >= 4 is 17.2 Å². The highest BCUT2D eigenvalue weighted by Gasteiger charge is 2.02. The Morgan fingerprint density at radius 3 is 2.91 bits per heavy atom. The second-order valence-electron chi connectivity index (χ2n) is 2.06. The second kappa shape index (κ2) is 3.50. The van der Waals surface area contributed by atoms with Gasteiger partial charge < -0.3 is 14.9 Å². The Bertz CT molecular complexity index is 257. The maximum atomic E-state index is 5.32. The quantitative estimate of drug-likeness (QED) is 0.691. The second-order valence-corrected chi connectivity index (χ2v) is 2.50. The van der Waals surface area contributed by atoms with Gasteiger partial charge in [0.05, 0.1) is 0 Å². The van der Waals surface area contributed by atoms with Gasteiger partial charge in [0.2, 0.25) is 0 Å². The highest BCUT2D eigenvalue weighted by Crippen LogP contribution is 2.07. The molecule has 1 aromatic heterocycles. The Morgan fingerprint density at radius 2 is 2.45 bits per heavy atom. The van der Waals surface area contributed by atoms with Crippen LogP contribution in [-0.4, -0.2) is 12.1 Å². The maximum Gasteiger partial charge on any atom is 0.161 e. The van der Waals surface area contributed by atoms with Crippen LogP contribution in [0.5, 0.6) is 0 Å². The van der Waals surface area contributed by atoms with Crippen LogP contribution in [0.1, 0.15) is 11.5 Å². The molecule has 0 unspecified atom stereocenters. The molecule has 0 aliphatic heterocycles. The Hall–Kier alpha value is -0.870. The van der Waals surface area contributed by atoms with Crippen molar-refractivity contribution in [1.29, 1.82) is 0 Å². The topological polar surface area (TPSA) is 48.4 Å². The van der Waals surface area contributed by atoms with E-state index in [9.17, 15) is 0 Å². The molecule has 0 spiro atoms. The number of hydrogen-bond acceptors (Lipinski definition) is 3. The highest BCUT2D eigenvalue weighted by molar-refractivity contribution is 7.80. The predicted molar refractivity (Wildman–Crippen MR) is 45.3 cm³/mol. The van der Waals surface area contributed by atoms with Crippen LogP contribution < -0.4 is 5.73 Å². The third kappa shape index (κ3) is 2.03. The molecular weight excluding hydrogens is 162 g/mol. The Labute approximate surface area is 70.1 Å². The average molecular weight is 171 g/mol. The molecule has 60 valence electrons. The lowest BCUT2D eigenvalue weighted by molar-refractivity contribution is 0.164. The molecule has 11 heavy (non-hydrogen) atoms. The summed E-state index contributed by atoms with van der Waals surface area (Å²) in [4.78, 5) is 0.271. The van der Waals surface area contributed by atoms with Gasteiger partial charge in [-0.15, -0.1) is 0 Å². The summed E-state index contributed by atoms with van der Waals surface area (Å²) >= 11 is 4.70. The van der Waals surface area contributed by atoms with Crippen molar-refractivity contribution in [2.24, 2.45) is 5.73 Å². The lowest BCUT2D eigenvalue weighted by Crippen LogP contribution is -2.07. The van der Waals surface area contributed by atoms with Gasteiger partial charge >= 0.3 is 0 Å². The van der Waals surface area contributed by atoms with Crippen molar-refractivity contribution in [1.82, 2.24) is 0 Å². The number of ether oxygens (including phenoxy) is 1. The predicted octanol–water partition coefficient (Wildman–Crippen LogP) is 1.06. The lowest BCUT2D eigenvalue weighted by atomic mass is 10.4. The van der Waals surface area contributed by atoms with E-state index in [-0.39, 0.29) is 4.99 Å². The van der Waals surface area contributed by atoms with E-state index in [1.807, 2.05) is 0 Å². The first-order valence-electron chi connectivity index (χ1n) is 3.11. The molecule has 0 atom stereocenters. The molecule has 0 aromatic carbocycles. The lowest BCUT2D eigenvalue weighted by Gasteiger charge is -1.92. The molecule has 0 aliphatic carbocycles. The number of nitrogens with two attached hydrogens (primary N) is 1. The van der Waals surface area contributed by atoms with Crippen LogP contribution in [0.3, 0.4) is 0 Å². The van der Waals surface area contributed by atoms with Gasteiger partial charge in [-0.3, -0.25) is 0 Å². The smallest absolute Gasteiger partial charge is 0.161 e. The van der Waals surface area contributed by atoms with Gasteiger partial charge in [0, 0.05) is 7.11 Å². The number of methoxy groups -OCH3 is 1. The van der Waals surface area contributed by atoms with Crippen molar-refractivity contribution in [3.63, 3.8) is 0 Å². The zero-order chi connectivity index (χ0) is 8.27. The number of hydrogen-bond donors (Lipinski definition) is 1. The Morgan fingerprint density at radius 1 is 1.73 bits per heavy atom. The summed E-state index contributed by atoms with van der Waals surface area (Å²) in [5.41, 5.74) is 5.32. The van der Waals surface area contributed by atoms with Crippen LogP contribution in [0.2, 0.25) is 0 Å². The Balaban J connectivity index is 2.73. The maximum absolute atomic E-state index is 5.32. The SMILES string of the molecule is COCc1ccc(C(N)=S)o1. The van der Waals surface area contributed by atoms with E-state index in [2.05, 4.69) is 0 Å². The molecule has 0 aliphatic rings. The van der Waals surface area contributed by atoms with Gasteiger partial charge in [0.25, 0.3) is 0 Å². The van der Waals surface area contributed by atoms with E-state index in [1.165, 1.54) is 0 Å². The van der Waals surface area contributed by atoms with Gasteiger partial charge in [-0.25, -0.2) is 0 Å². The van der Waals surface area contributed by atoms with Crippen LogP contribution in [-0.2, 0) is 11.3 Å². The molecule has 1 rings (SSSR count). The molecule has 3 nitrogen and oxygen atoms in total. The summed E-state index contributed by atoms with van der Waals surface area (Å²) in [6.07, 6.45) is 0. The summed E-state index contributed by atoms with van der Waals surface area (Å²) in [7, 11) is 1.60. The van der Waals surface area contributed by atoms with E-state index >= 15 is 0 Å². The van der Waals surface area contributed by atoms with Crippen LogP contribution in [0.15, 0.2) is 16.5 Å². The molecular formula is C7H9NO2S. The van der Waals surface area contributed by atoms with Gasteiger partial charge in [0.15, 0.2) is 5.76 Å². The number of rotatable bonds is 3.